The Morgan fingerprint density at radius 3 is 2.06 bits per heavy atom. The normalized spacial score (nSPS) is 54.1. The molecule has 0 unspecified atom stereocenters. The van der Waals surface area contributed by atoms with Crippen LogP contribution in [0.2, 0.25) is 0 Å². The Kier molecular flexibility index (Phi) is 12.8. The maximum absolute atomic E-state index is 13.1. The van der Waals surface area contributed by atoms with Crippen LogP contribution < -0.4 is 0 Å². The van der Waals surface area contributed by atoms with Gasteiger partial charge in [-0.05, 0) is 116 Å². The summed E-state index contributed by atoms with van der Waals surface area (Å²) in [6.07, 6.45) is -10.7. The zero-order valence-corrected chi connectivity index (χ0v) is 38.3. The van der Waals surface area contributed by atoms with E-state index in [0.29, 0.717) is 18.8 Å². The van der Waals surface area contributed by atoms with Crippen LogP contribution in [0.1, 0.15) is 120 Å². The van der Waals surface area contributed by atoms with Gasteiger partial charge in [0.25, 0.3) is 0 Å². The Hall–Kier alpha value is -1.35. The van der Waals surface area contributed by atoms with Gasteiger partial charge in [-0.25, -0.2) is 0 Å². The molecule has 7 fully saturated rings. The SMILES string of the molecule is C[C@@H]1O[C@H](O[C@@H]2[C@H](O[C@H]3[C@@H](O[C@H]4CC[C@@]5(C)[C@H]6CC=C7[C@H]8CC(C)(C)CC[C@]8(C(=O)O)CC[C@]7(C)[C@@]6(C)CC[C@H]5C4(C)C)OC[C@H](O)[C@H]3O)O[C@@H](CO)[C@H](O)[C@H]2O)[C@@H](O)[C@H](O)[C@@H]1O. The standard InChI is InChI=1S/C47H76O16/c1-22-30(50)33(53)35(55)38(59-22)62-37-34(54)32(52)26(20-48)60-40(37)63-36-31(51)25(49)21-58-39(36)61-29-12-13-44(6)27(43(29,4)5)11-14-46(8)28(44)10-9-23-24-19-42(2,3)15-17-47(24,41(56)57)18-16-45(23,46)7/h9,22,24-40,48-55H,10-21H2,1-8H3,(H,56,57)/t22-,24+,25-,26-,27-,28+,29-,30+,31+,32-,33+,34+,35-,36+,37-,38+,39+,40-,44+,45-,46-,47-/m0/s1. The van der Waals surface area contributed by atoms with Gasteiger partial charge in [-0.15, -0.1) is 0 Å². The summed E-state index contributed by atoms with van der Waals surface area (Å²) in [5, 5.41) is 96.7. The first-order valence-electron chi connectivity index (χ1n) is 23.6. The van der Waals surface area contributed by atoms with Crippen LogP contribution in [0.3, 0.4) is 0 Å². The second-order valence-electron chi connectivity index (χ2n) is 23.0. The molecular weight excluding hydrogens is 821 g/mol. The van der Waals surface area contributed by atoms with E-state index in [-0.39, 0.29) is 46.2 Å². The summed E-state index contributed by atoms with van der Waals surface area (Å²) in [7, 11) is 0. The highest BCUT2D eigenvalue weighted by Gasteiger charge is 2.70. The molecule has 4 saturated carbocycles. The van der Waals surface area contributed by atoms with E-state index < -0.39 is 109 Å². The minimum atomic E-state index is -1.79. The first-order valence-corrected chi connectivity index (χ1v) is 23.6. The highest BCUT2D eigenvalue weighted by atomic mass is 16.8. The highest BCUT2D eigenvalue weighted by molar-refractivity contribution is 5.76. The smallest absolute Gasteiger partial charge is 0.310 e. The van der Waals surface area contributed by atoms with Crippen LogP contribution in [0, 0.1) is 50.2 Å². The van der Waals surface area contributed by atoms with Gasteiger partial charge in [-0.1, -0.05) is 60.1 Å². The summed E-state index contributed by atoms with van der Waals surface area (Å²) in [5.74, 6) is -0.0241. The van der Waals surface area contributed by atoms with Crippen molar-refractivity contribution < 1.29 is 79.2 Å². The average molecular weight is 897 g/mol. The molecule has 22 atom stereocenters. The summed E-state index contributed by atoms with van der Waals surface area (Å²) >= 11 is 0. The first kappa shape index (κ1) is 48.1. The third-order valence-corrected chi connectivity index (χ3v) is 18.9. The number of carbonyl (C=O) groups is 1. The van der Waals surface area contributed by atoms with Crippen molar-refractivity contribution in [3.63, 3.8) is 0 Å². The molecule has 16 heteroatoms. The lowest BCUT2D eigenvalue weighted by atomic mass is 9.33. The summed E-state index contributed by atoms with van der Waals surface area (Å²) in [6, 6.07) is 0. The van der Waals surface area contributed by atoms with E-state index >= 15 is 0 Å². The molecule has 360 valence electrons. The van der Waals surface area contributed by atoms with Crippen LogP contribution >= 0.6 is 0 Å². The molecule has 3 saturated heterocycles. The highest BCUT2D eigenvalue weighted by Crippen LogP contribution is 2.76. The van der Waals surface area contributed by atoms with Crippen LogP contribution in [0.5, 0.6) is 0 Å². The third-order valence-electron chi connectivity index (χ3n) is 18.9. The number of fused-ring (bicyclic) bond motifs is 7. The number of ether oxygens (including phenoxy) is 6. The van der Waals surface area contributed by atoms with Gasteiger partial charge in [-0.2, -0.15) is 0 Å². The number of carboxylic acids is 1. The molecule has 0 aromatic heterocycles. The number of aliphatic hydroxyl groups excluding tert-OH is 8. The molecule has 0 bridgehead atoms. The summed E-state index contributed by atoms with van der Waals surface area (Å²) in [4.78, 5) is 13.1. The van der Waals surface area contributed by atoms with Crippen molar-refractivity contribution in [2.75, 3.05) is 13.2 Å². The van der Waals surface area contributed by atoms with Crippen molar-refractivity contribution in [3.05, 3.63) is 11.6 Å². The van der Waals surface area contributed by atoms with Gasteiger partial charge >= 0.3 is 5.97 Å². The molecule has 0 spiro atoms. The quantitative estimate of drug-likeness (QED) is 0.125. The third kappa shape index (κ3) is 7.51. The lowest BCUT2D eigenvalue weighted by Crippen LogP contribution is -2.67. The van der Waals surface area contributed by atoms with Gasteiger partial charge in [0.1, 0.15) is 61.0 Å². The van der Waals surface area contributed by atoms with Gasteiger partial charge in [0.15, 0.2) is 18.9 Å². The van der Waals surface area contributed by atoms with Crippen molar-refractivity contribution in [3.8, 4) is 0 Å². The van der Waals surface area contributed by atoms with Crippen LogP contribution in [-0.4, -0.2) is 157 Å². The number of allylic oxidation sites excluding steroid dienone is 2. The Morgan fingerprint density at radius 1 is 0.714 bits per heavy atom. The monoisotopic (exact) mass is 897 g/mol. The summed E-state index contributed by atoms with van der Waals surface area (Å²) < 4.78 is 36.7. The topological polar surface area (TPSA) is 255 Å². The Labute approximate surface area is 371 Å². The van der Waals surface area contributed by atoms with Gasteiger partial charge in [0, 0.05) is 0 Å². The molecule has 63 heavy (non-hydrogen) atoms. The molecule has 3 heterocycles. The second-order valence-corrected chi connectivity index (χ2v) is 23.0. The second kappa shape index (κ2) is 16.7. The van der Waals surface area contributed by atoms with Gasteiger partial charge in [0.05, 0.1) is 30.8 Å². The summed E-state index contributed by atoms with van der Waals surface area (Å²) in [5.41, 5.74) is 0.124. The molecule has 8 rings (SSSR count). The lowest BCUT2D eigenvalue weighted by molar-refractivity contribution is -0.392. The molecule has 0 aromatic carbocycles. The van der Waals surface area contributed by atoms with Crippen molar-refractivity contribution in [1.29, 1.82) is 0 Å². The molecule has 0 radical (unpaired) electrons. The molecule has 9 N–H and O–H groups in total. The molecule has 16 nitrogen and oxygen atoms in total. The van der Waals surface area contributed by atoms with E-state index in [2.05, 4.69) is 54.5 Å². The van der Waals surface area contributed by atoms with Crippen LogP contribution in [-0.2, 0) is 33.2 Å². The fraction of sp³-hybridized carbons (Fsp3) is 0.936. The van der Waals surface area contributed by atoms with Gasteiger partial charge < -0.3 is 74.4 Å². The lowest BCUT2D eigenvalue weighted by Gasteiger charge is -2.71. The number of aliphatic hydroxyl groups is 8. The van der Waals surface area contributed by atoms with E-state index in [9.17, 15) is 50.8 Å². The zero-order valence-electron chi connectivity index (χ0n) is 38.3. The fourth-order valence-electron chi connectivity index (χ4n) is 14.8. The predicted octanol–water partition coefficient (Wildman–Crippen LogP) is 2.37. The van der Waals surface area contributed by atoms with Gasteiger partial charge in [0.2, 0.25) is 0 Å². The maximum atomic E-state index is 13.1. The minimum absolute atomic E-state index is 0.0300. The summed E-state index contributed by atoms with van der Waals surface area (Å²) in [6.45, 7) is 16.9. The number of rotatable bonds is 8. The largest absolute Gasteiger partial charge is 0.481 e. The molecule has 3 aliphatic heterocycles. The van der Waals surface area contributed by atoms with E-state index in [0.717, 1.165) is 51.4 Å². The first-order chi connectivity index (χ1) is 29.4. The van der Waals surface area contributed by atoms with Crippen LogP contribution in [0.4, 0.5) is 0 Å². The maximum Gasteiger partial charge on any atom is 0.310 e. The molecule has 5 aliphatic carbocycles. The van der Waals surface area contributed by atoms with E-state index in [4.69, 9.17) is 28.4 Å². The van der Waals surface area contributed by atoms with Gasteiger partial charge in [-0.3, -0.25) is 4.79 Å². The Balaban J connectivity index is 1.03. The Bertz CT molecular complexity index is 1720. The van der Waals surface area contributed by atoms with E-state index in [1.54, 1.807) is 0 Å². The zero-order chi connectivity index (χ0) is 46.0. The van der Waals surface area contributed by atoms with Crippen LogP contribution in [0.25, 0.3) is 0 Å². The fourth-order valence-corrected chi connectivity index (χ4v) is 14.8. The van der Waals surface area contributed by atoms with E-state index in [1.807, 2.05) is 0 Å². The number of hydrogen-bond acceptors (Lipinski definition) is 15. The number of aliphatic carboxylic acids is 1. The van der Waals surface area contributed by atoms with E-state index in [1.165, 1.54) is 12.5 Å². The molecular formula is C47H76O16. The minimum Gasteiger partial charge on any atom is -0.481 e. The van der Waals surface area contributed by atoms with Crippen molar-refractivity contribution in [2.24, 2.45) is 50.2 Å². The number of hydrogen-bond donors (Lipinski definition) is 9. The predicted molar refractivity (Wildman–Crippen MR) is 223 cm³/mol. The average Bonchev–Trinajstić information content (AvgIpc) is 3.21. The van der Waals surface area contributed by atoms with Crippen molar-refractivity contribution >= 4 is 5.97 Å². The van der Waals surface area contributed by atoms with Crippen LogP contribution in [0.15, 0.2) is 11.6 Å². The van der Waals surface area contributed by atoms with Crippen molar-refractivity contribution in [2.45, 2.75) is 212 Å². The molecule has 8 aliphatic rings. The molecule has 0 amide bonds. The number of carboxylic acid groups (broad SMARTS) is 1. The van der Waals surface area contributed by atoms with Crippen molar-refractivity contribution in [1.82, 2.24) is 0 Å². The molecule has 0 aromatic rings. The Morgan fingerprint density at radius 2 is 1.38 bits per heavy atom.